The van der Waals surface area contributed by atoms with Crippen LogP contribution in [-0.4, -0.2) is 24.3 Å². The van der Waals surface area contributed by atoms with Gasteiger partial charge in [0.2, 0.25) is 5.91 Å². The molecule has 160 valence electrons. The molecule has 1 aromatic heterocycles. The molecule has 0 fully saturated rings. The Bertz CT molecular complexity index is 1260. The van der Waals surface area contributed by atoms with Crippen LogP contribution in [0.25, 0.3) is 16.5 Å². The average Bonchev–Trinajstić information content (AvgIpc) is 3.44. The van der Waals surface area contributed by atoms with E-state index in [0.29, 0.717) is 34.2 Å². The SMILES string of the molecule is CC(=O)c1ccc(-c2cc(Cl)c3c(c2)CC(CNC(=O)C=Cc2ccc(C#N)cc2)O3)s1. The first-order valence-electron chi connectivity index (χ1n) is 9.99. The second kappa shape index (κ2) is 9.39. The first-order valence-corrected chi connectivity index (χ1v) is 11.2. The molecule has 1 amide bonds. The number of nitriles is 1. The highest BCUT2D eigenvalue weighted by Crippen LogP contribution is 2.41. The third-order valence-corrected chi connectivity index (χ3v) is 6.58. The van der Waals surface area contributed by atoms with Crippen LogP contribution in [0.15, 0.2) is 54.6 Å². The van der Waals surface area contributed by atoms with Gasteiger partial charge < -0.3 is 10.1 Å². The minimum Gasteiger partial charge on any atom is -0.486 e. The van der Waals surface area contributed by atoms with Crippen molar-refractivity contribution in [2.45, 2.75) is 19.4 Å². The predicted molar refractivity (Wildman–Crippen MR) is 126 cm³/mol. The van der Waals surface area contributed by atoms with Gasteiger partial charge in [0.05, 0.1) is 28.1 Å². The van der Waals surface area contributed by atoms with Gasteiger partial charge in [-0.1, -0.05) is 23.7 Å². The highest BCUT2D eigenvalue weighted by atomic mass is 35.5. The lowest BCUT2D eigenvalue weighted by atomic mass is 10.1. The van der Waals surface area contributed by atoms with E-state index >= 15 is 0 Å². The summed E-state index contributed by atoms with van der Waals surface area (Å²) in [4.78, 5) is 25.4. The summed E-state index contributed by atoms with van der Waals surface area (Å²) < 4.78 is 5.96. The minimum absolute atomic E-state index is 0.0425. The summed E-state index contributed by atoms with van der Waals surface area (Å²) in [5, 5.41) is 12.2. The van der Waals surface area contributed by atoms with Crippen molar-refractivity contribution in [1.82, 2.24) is 5.32 Å². The Kier molecular flexibility index (Phi) is 6.40. The molecule has 32 heavy (non-hydrogen) atoms. The average molecular weight is 463 g/mol. The van der Waals surface area contributed by atoms with E-state index in [1.54, 1.807) is 37.3 Å². The van der Waals surface area contributed by atoms with Crippen LogP contribution in [-0.2, 0) is 11.2 Å². The third kappa shape index (κ3) is 4.91. The van der Waals surface area contributed by atoms with E-state index in [4.69, 9.17) is 21.6 Å². The van der Waals surface area contributed by atoms with E-state index in [1.165, 1.54) is 17.4 Å². The van der Waals surface area contributed by atoms with Crippen molar-refractivity contribution in [1.29, 1.82) is 5.26 Å². The Balaban J connectivity index is 1.36. The Hall–Kier alpha value is -3.40. The molecule has 7 heteroatoms. The minimum atomic E-state index is -0.226. The second-order valence-electron chi connectivity index (χ2n) is 7.42. The molecule has 3 aromatic rings. The number of nitrogens with one attached hydrogen (secondary N) is 1. The largest absolute Gasteiger partial charge is 0.486 e. The molecule has 4 rings (SSSR count). The number of carbonyl (C=O) groups is 2. The van der Waals surface area contributed by atoms with E-state index < -0.39 is 0 Å². The number of halogens is 1. The molecule has 2 aromatic carbocycles. The number of fused-ring (bicyclic) bond motifs is 1. The van der Waals surface area contributed by atoms with Gasteiger partial charge >= 0.3 is 0 Å². The summed E-state index contributed by atoms with van der Waals surface area (Å²) in [5.74, 6) is 0.461. The standard InChI is InChI=1S/C25H19ClN2O3S/c1-15(29)22-7-8-23(32-22)18-10-19-11-20(31-25(19)21(26)12-18)14-28-24(30)9-6-16-2-4-17(13-27)5-3-16/h2-10,12,20H,11,14H2,1H3,(H,28,30). The van der Waals surface area contributed by atoms with Crippen molar-refractivity contribution in [3.05, 3.63) is 81.2 Å². The number of ketones is 1. The lowest BCUT2D eigenvalue weighted by Crippen LogP contribution is -2.33. The first kappa shape index (κ1) is 21.8. The molecule has 1 aliphatic rings. The molecular formula is C25H19ClN2O3S. The molecule has 1 atom stereocenters. The number of nitrogens with zero attached hydrogens (tertiary/aromatic N) is 1. The summed E-state index contributed by atoms with van der Waals surface area (Å²) in [6.07, 6.45) is 3.58. The van der Waals surface area contributed by atoms with Crippen molar-refractivity contribution in [2.75, 3.05) is 6.54 Å². The van der Waals surface area contributed by atoms with Gasteiger partial charge in [0.1, 0.15) is 11.9 Å². The molecule has 1 unspecified atom stereocenters. The summed E-state index contributed by atoms with van der Waals surface area (Å²) in [5.41, 5.74) is 3.34. The monoisotopic (exact) mass is 462 g/mol. The van der Waals surface area contributed by atoms with Crippen LogP contribution < -0.4 is 10.1 Å². The smallest absolute Gasteiger partial charge is 0.244 e. The number of rotatable bonds is 6. The number of benzene rings is 2. The fourth-order valence-electron chi connectivity index (χ4n) is 3.44. The Labute approximate surface area is 194 Å². The van der Waals surface area contributed by atoms with Crippen LogP contribution in [0.5, 0.6) is 5.75 Å². The fourth-order valence-corrected chi connectivity index (χ4v) is 4.61. The molecule has 0 radical (unpaired) electrons. The van der Waals surface area contributed by atoms with Crippen molar-refractivity contribution >= 4 is 40.7 Å². The second-order valence-corrected chi connectivity index (χ2v) is 8.91. The maximum absolute atomic E-state index is 12.2. The van der Waals surface area contributed by atoms with Gasteiger partial charge in [0.25, 0.3) is 0 Å². The normalized spacial score (nSPS) is 14.6. The van der Waals surface area contributed by atoms with Gasteiger partial charge in [-0.15, -0.1) is 11.3 Å². The van der Waals surface area contributed by atoms with Gasteiger partial charge in [-0.2, -0.15) is 5.26 Å². The molecule has 5 nitrogen and oxygen atoms in total. The van der Waals surface area contributed by atoms with Gasteiger partial charge in [-0.25, -0.2) is 0 Å². The molecule has 0 saturated carbocycles. The maximum atomic E-state index is 12.2. The molecular weight excluding hydrogens is 444 g/mol. The number of ether oxygens (including phenoxy) is 1. The van der Waals surface area contributed by atoms with Crippen molar-refractivity contribution in [3.63, 3.8) is 0 Å². The zero-order valence-electron chi connectivity index (χ0n) is 17.2. The van der Waals surface area contributed by atoms with Crippen LogP contribution >= 0.6 is 22.9 Å². The van der Waals surface area contributed by atoms with Crippen molar-refractivity contribution < 1.29 is 14.3 Å². The van der Waals surface area contributed by atoms with Crippen LogP contribution in [0, 0.1) is 11.3 Å². The Morgan fingerprint density at radius 3 is 2.72 bits per heavy atom. The number of Topliss-reactive ketones (excluding diaryl/α,β-unsaturated/α-hetero) is 1. The van der Waals surface area contributed by atoms with E-state index in [-0.39, 0.29) is 17.8 Å². The molecule has 2 heterocycles. The molecule has 0 saturated heterocycles. The number of hydrogen-bond donors (Lipinski definition) is 1. The van der Waals surface area contributed by atoms with E-state index in [0.717, 1.165) is 21.6 Å². The number of hydrogen-bond acceptors (Lipinski definition) is 5. The first-order chi connectivity index (χ1) is 15.4. The van der Waals surface area contributed by atoms with E-state index in [9.17, 15) is 9.59 Å². The third-order valence-electron chi connectivity index (χ3n) is 5.06. The number of amides is 1. The van der Waals surface area contributed by atoms with Gasteiger partial charge in [0, 0.05) is 22.9 Å². The lowest BCUT2D eigenvalue weighted by molar-refractivity contribution is -0.116. The van der Waals surface area contributed by atoms with Gasteiger partial charge in [-0.3, -0.25) is 9.59 Å². The molecule has 1 N–H and O–H groups in total. The van der Waals surface area contributed by atoms with Crippen LogP contribution in [0.2, 0.25) is 5.02 Å². The Morgan fingerprint density at radius 2 is 2.03 bits per heavy atom. The van der Waals surface area contributed by atoms with Crippen LogP contribution in [0.3, 0.4) is 0 Å². The topological polar surface area (TPSA) is 79.2 Å². The van der Waals surface area contributed by atoms with Gasteiger partial charge in [-0.05, 0) is 60.5 Å². The summed E-state index contributed by atoms with van der Waals surface area (Å²) in [6.45, 7) is 1.90. The highest BCUT2D eigenvalue weighted by molar-refractivity contribution is 7.17. The van der Waals surface area contributed by atoms with Gasteiger partial charge in [0.15, 0.2) is 5.78 Å². The zero-order chi connectivity index (χ0) is 22.7. The lowest BCUT2D eigenvalue weighted by Gasteiger charge is -2.11. The summed E-state index contributed by atoms with van der Waals surface area (Å²) in [6, 6.07) is 16.7. The predicted octanol–water partition coefficient (Wildman–Crippen LogP) is 5.28. The molecule has 0 bridgehead atoms. The van der Waals surface area contributed by atoms with Crippen molar-refractivity contribution in [2.24, 2.45) is 0 Å². The zero-order valence-corrected chi connectivity index (χ0v) is 18.8. The quantitative estimate of drug-likeness (QED) is 0.399. The summed E-state index contributed by atoms with van der Waals surface area (Å²) in [7, 11) is 0. The van der Waals surface area contributed by atoms with Crippen LogP contribution in [0.4, 0.5) is 0 Å². The highest BCUT2D eigenvalue weighted by Gasteiger charge is 2.26. The Morgan fingerprint density at radius 1 is 1.25 bits per heavy atom. The molecule has 0 aliphatic carbocycles. The van der Waals surface area contributed by atoms with E-state index in [2.05, 4.69) is 11.4 Å². The van der Waals surface area contributed by atoms with E-state index in [1.807, 2.05) is 24.3 Å². The maximum Gasteiger partial charge on any atom is 0.244 e. The number of carbonyl (C=O) groups excluding carboxylic acids is 2. The fraction of sp³-hybridized carbons (Fsp3) is 0.160. The molecule has 1 aliphatic heterocycles. The summed E-state index contributed by atoms with van der Waals surface area (Å²) >= 11 is 7.89. The van der Waals surface area contributed by atoms with Crippen molar-refractivity contribution in [3.8, 4) is 22.3 Å². The van der Waals surface area contributed by atoms with Crippen LogP contribution in [0.1, 0.15) is 33.3 Å². The molecule has 0 spiro atoms. The number of thiophene rings is 1.